The van der Waals surface area contributed by atoms with Gasteiger partial charge in [0.1, 0.15) is 4.90 Å². The third kappa shape index (κ3) is 5.00. The molecule has 0 aromatic heterocycles. The average molecular weight is 408 g/mol. The molecule has 6 nitrogen and oxygen atoms in total. The Morgan fingerprint density at radius 1 is 1.04 bits per heavy atom. The molecule has 0 aliphatic carbocycles. The van der Waals surface area contributed by atoms with Crippen LogP contribution in [0.2, 0.25) is 5.02 Å². The smallest absolute Gasteiger partial charge is 0.242 e. The SMILES string of the molecule is O=C(CCNS(=O)(=O)c1ccccc1Cl)Nc1ccccc1N1CCCC1. The van der Waals surface area contributed by atoms with Gasteiger partial charge in [-0.25, -0.2) is 13.1 Å². The van der Waals surface area contributed by atoms with Crippen LogP contribution in [0.15, 0.2) is 53.4 Å². The number of rotatable bonds is 7. The van der Waals surface area contributed by atoms with Crippen LogP contribution in [0.3, 0.4) is 0 Å². The maximum Gasteiger partial charge on any atom is 0.242 e. The zero-order valence-electron chi connectivity index (χ0n) is 14.8. The fourth-order valence-electron chi connectivity index (χ4n) is 3.07. The van der Waals surface area contributed by atoms with E-state index in [1.165, 1.54) is 12.1 Å². The lowest BCUT2D eigenvalue weighted by molar-refractivity contribution is -0.116. The van der Waals surface area contributed by atoms with E-state index < -0.39 is 10.0 Å². The summed E-state index contributed by atoms with van der Waals surface area (Å²) in [5.74, 6) is -0.247. The number of halogens is 1. The second kappa shape index (κ2) is 8.73. The third-order valence-electron chi connectivity index (χ3n) is 4.40. The maximum absolute atomic E-state index is 12.3. The summed E-state index contributed by atoms with van der Waals surface area (Å²) in [5.41, 5.74) is 1.75. The summed E-state index contributed by atoms with van der Waals surface area (Å²) in [5, 5.41) is 3.03. The lowest BCUT2D eigenvalue weighted by Gasteiger charge is -2.21. The Bertz CT molecular complexity index is 912. The van der Waals surface area contributed by atoms with Gasteiger partial charge in [0, 0.05) is 26.1 Å². The van der Waals surface area contributed by atoms with Crippen LogP contribution < -0.4 is 14.9 Å². The van der Waals surface area contributed by atoms with E-state index in [1.807, 2.05) is 24.3 Å². The van der Waals surface area contributed by atoms with Crippen molar-refractivity contribution in [3.05, 3.63) is 53.6 Å². The molecule has 0 spiro atoms. The molecule has 2 N–H and O–H groups in total. The van der Waals surface area contributed by atoms with Crippen molar-refractivity contribution < 1.29 is 13.2 Å². The molecule has 2 aromatic carbocycles. The van der Waals surface area contributed by atoms with E-state index in [4.69, 9.17) is 11.6 Å². The Kier molecular flexibility index (Phi) is 6.36. The first kappa shape index (κ1) is 19.7. The molecule has 2 aromatic rings. The molecule has 1 saturated heterocycles. The molecule has 0 bridgehead atoms. The van der Waals surface area contributed by atoms with Crippen LogP contribution in [0.4, 0.5) is 11.4 Å². The summed E-state index contributed by atoms with van der Waals surface area (Å²) in [6.45, 7) is 1.94. The molecule has 1 amide bonds. The molecule has 1 aliphatic heterocycles. The van der Waals surface area contributed by atoms with Gasteiger partial charge in [0.15, 0.2) is 0 Å². The van der Waals surface area contributed by atoms with E-state index in [0.29, 0.717) is 0 Å². The van der Waals surface area contributed by atoms with Gasteiger partial charge in [-0.3, -0.25) is 4.79 Å². The predicted molar refractivity (Wildman–Crippen MR) is 108 cm³/mol. The number of nitrogens with zero attached hydrogens (tertiary/aromatic N) is 1. The van der Waals surface area contributed by atoms with Crippen LogP contribution in [0.5, 0.6) is 0 Å². The molecular weight excluding hydrogens is 386 g/mol. The fourth-order valence-corrected chi connectivity index (χ4v) is 4.61. The molecule has 1 heterocycles. The summed E-state index contributed by atoms with van der Waals surface area (Å²) in [4.78, 5) is 14.5. The summed E-state index contributed by atoms with van der Waals surface area (Å²) >= 11 is 5.93. The molecule has 1 fully saturated rings. The van der Waals surface area contributed by atoms with Gasteiger partial charge >= 0.3 is 0 Å². The zero-order valence-corrected chi connectivity index (χ0v) is 16.4. The number of nitrogens with one attached hydrogen (secondary N) is 2. The summed E-state index contributed by atoms with van der Waals surface area (Å²) in [6, 6.07) is 13.9. The summed E-state index contributed by atoms with van der Waals surface area (Å²) in [7, 11) is -3.75. The molecule has 3 rings (SSSR count). The highest BCUT2D eigenvalue weighted by Crippen LogP contribution is 2.28. The first-order valence-electron chi connectivity index (χ1n) is 8.85. The number of carbonyl (C=O) groups is 1. The molecule has 0 radical (unpaired) electrons. The van der Waals surface area contributed by atoms with Gasteiger partial charge in [0.2, 0.25) is 15.9 Å². The first-order chi connectivity index (χ1) is 13.0. The molecule has 0 saturated carbocycles. The number of hydrogen-bond donors (Lipinski definition) is 2. The number of anilines is 2. The Morgan fingerprint density at radius 2 is 1.70 bits per heavy atom. The number of carbonyl (C=O) groups excluding carboxylic acids is 1. The average Bonchev–Trinajstić information content (AvgIpc) is 3.16. The van der Waals surface area contributed by atoms with Gasteiger partial charge in [-0.15, -0.1) is 0 Å². The third-order valence-corrected chi connectivity index (χ3v) is 6.36. The second-order valence-electron chi connectivity index (χ2n) is 6.34. The number of hydrogen-bond acceptors (Lipinski definition) is 4. The number of amides is 1. The highest BCUT2D eigenvalue weighted by molar-refractivity contribution is 7.89. The minimum atomic E-state index is -3.75. The topological polar surface area (TPSA) is 78.5 Å². The van der Waals surface area contributed by atoms with Crippen molar-refractivity contribution in [1.82, 2.24) is 4.72 Å². The molecule has 0 unspecified atom stereocenters. The second-order valence-corrected chi connectivity index (χ2v) is 8.48. The monoisotopic (exact) mass is 407 g/mol. The number of para-hydroxylation sites is 2. The fraction of sp³-hybridized carbons (Fsp3) is 0.316. The van der Waals surface area contributed by atoms with Crippen LogP contribution in [0.25, 0.3) is 0 Å². The van der Waals surface area contributed by atoms with Gasteiger partial charge in [0.25, 0.3) is 0 Å². The molecule has 27 heavy (non-hydrogen) atoms. The highest BCUT2D eigenvalue weighted by atomic mass is 35.5. The van der Waals surface area contributed by atoms with Crippen LogP contribution in [-0.2, 0) is 14.8 Å². The van der Waals surface area contributed by atoms with Gasteiger partial charge in [0.05, 0.1) is 16.4 Å². The Morgan fingerprint density at radius 3 is 2.44 bits per heavy atom. The largest absolute Gasteiger partial charge is 0.370 e. The summed E-state index contributed by atoms with van der Waals surface area (Å²) < 4.78 is 27.0. The van der Waals surface area contributed by atoms with Gasteiger partial charge in [-0.1, -0.05) is 35.9 Å². The van der Waals surface area contributed by atoms with Crippen molar-refractivity contribution in [3.8, 4) is 0 Å². The van der Waals surface area contributed by atoms with Crippen LogP contribution in [0, 0.1) is 0 Å². The van der Waals surface area contributed by atoms with E-state index in [2.05, 4.69) is 14.9 Å². The quantitative estimate of drug-likeness (QED) is 0.738. The lowest BCUT2D eigenvalue weighted by Crippen LogP contribution is -2.28. The van der Waals surface area contributed by atoms with E-state index in [1.54, 1.807) is 12.1 Å². The van der Waals surface area contributed by atoms with Crippen molar-refractivity contribution in [2.75, 3.05) is 29.9 Å². The van der Waals surface area contributed by atoms with Gasteiger partial charge in [-0.2, -0.15) is 0 Å². The van der Waals surface area contributed by atoms with Crippen molar-refractivity contribution in [3.63, 3.8) is 0 Å². The minimum Gasteiger partial charge on any atom is -0.370 e. The molecule has 144 valence electrons. The number of benzene rings is 2. The number of sulfonamides is 1. The normalized spacial score (nSPS) is 14.3. The Balaban J connectivity index is 1.57. The standard InChI is InChI=1S/C19H22ClN3O3S/c20-15-7-1-4-10-18(15)27(25,26)21-12-11-19(24)22-16-8-2-3-9-17(16)23-13-5-6-14-23/h1-4,7-10,21H,5-6,11-14H2,(H,22,24). The first-order valence-corrected chi connectivity index (χ1v) is 10.7. The Hall–Kier alpha value is -2.09. The Labute approximate surface area is 164 Å². The van der Waals surface area contributed by atoms with Gasteiger partial charge in [-0.05, 0) is 37.1 Å². The molecule has 1 aliphatic rings. The predicted octanol–water partition coefficient (Wildman–Crippen LogP) is 3.25. The van der Waals surface area contributed by atoms with Gasteiger partial charge < -0.3 is 10.2 Å². The maximum atomic E-state index is 12.3. The van der Waals surface area contributed by atoms with E-state index >= 15 is 0 Å². The minimum absolute atomic E-state index is 0.00598. The van der Waals surface area contributed by atoms with Crippen LogP contribution >= 0.6 is 11.6 Å². The van der Waals surface area contributed by atoms with Crippen molar-refractivity contribution in [1.29, 1.82) is 0 Å². The van der Waals surface area contributed by atoms with Crippen LogP contribution in [0.1, 0.15) is 19.3 Å². The van der Waals surface area contributed by atoms with E-state index in [-0.39, 0.29) is 28.8 Å². The van der Waals surface area contributed by atoms with E-state index in [9.17, 15) is 13.2 Å². The molecule has 8 heteroatoms. The summed E-state index contributed by atoms with van der Waals surface area (Å²) in [6.07, 6.45) is 2.32. The molecular formula is C19H22ClN3O3S. The van der Waals surface area contributed by atoms with Crippen molar-refractivity contribution >= 4 is 38.9 Å². The van der Waals surface area contributed by atoms with Crippen molar-refractivity contribution in [2.24, 2.45) is 0 Å². The zero-order chi connectivity index (χ0) is 19.3. The lowest BCUT2D eigenvalue weighted by atomic mass is 10.2. The van der Waals surface area contributed by atoms with Crippen molar-refractivity contribution in [2.45, 2.75) is 24.2 Å². The highest BCUT2D eigenvalue weighted by Gasteiger charge is 2.19. The van der Waals surface area contributed by atoms with E-state index in [0.717, 1.165) is 37.3 Å². The molecule has 0 atom stereocenters. The van der Waals surface area contributed by atoms with Crippen LogP contribution in [-0.4, -0.2) is 34.0 Å².